The Bertz CT molecular complexity index is 337. The summed E-state index contributed by atoms with van der Waals surface area (Å²) in [4.78, 5) is 6.67. The van der Waals surface area contributed by atoms with Crippen LogP contribution in [0.1, 0.15) is 24.0 Å². The van der Waals surface area contributed by atoms with Crippen LogP contribution in [0, 0.1) is 6.92 Å². The third-order valence-corrected chi connectivity index (χ3v) is 3.50. The van der Waals surface area contributed by atoms with Gasteiger partial charge < -0.3 is 5.32 Å². The zero-order chi connectivity index (χ0) is 11.4. The molecule has 0 aliphatic carbocycles. The number of nitrogens with one attached hydrogen (secondary N) is 1. The van der Waals surface area contributed by atoms with Crippen molar-refractivity contribution in [1.82, 2.24) is 15.2 Å². The van der Waals surface area contributed by atoms with E-state index in [1.807, 2.05) is 12.4 Å². The number of hydrogen-bond acceptors (Lipinski definition) is 3. The molecule has 1 aromatic heterocycles. The van der Waals surface area contributed by atoms with E-state index in [0.29, 0.717) is 0 Å². The summed E-state index contributed by atoms with van der Waals surface area (Å²) >= 11 is 0. The van der Waals surface area contributed by atoms with Crippen LogP contribution in [0.3, 0.4) is 0 Å². The van der Waals surface area contributed by atoms with Crippen LogP contribution in [0.15, 0.2) is 18.5 Å². The average Bonchev–Trinajstić information content (AvgIpc) is 2.33. The molecule has 2 heterocycles. The summed E-state index contributed by atoms with van der Waals surface area (Å²) in [6.07, 6.45) is 6.38. The summed E-state index contributed by atoms with van der Waals surface area (Å²) in [5.74, 6) is 0. The largest absolute Gasteiger partial charge is 0.317 e. The zero-order valence-corrected chi connectivity index (χ0v) is 11.5. The monoisotopic (exact) mass is 255 g/mol. The molecule has 17 heavy (non-hydrogen) atoms. The van der Waals surface area contributed by atoms with Gasteiger partial charge in [0.15, 0.2) is 0 Å². The highest BCUT2D eigenvalue weighted by Crippen LogP contribution is 2.14. The van der Waals surface area contributed by atoms with Crippen molar-refractivity contribution in [3.8, 4) is 0 Å². The van der Waals surface area contributed by atoms with Gasteiger partial charge in [-0.2, -0.15) is 0 Å². The summed E-state index contributed by atoms with van der Waals surface area (Å²) in [5, 5.41) is 3.41. The molecule has 1 aliphatic heterocycles. The summed E-state index contributed by atoms with van der Waals surface area (Å²) in [6, 6.07) is 2.81. The van der Waals surface area contributed by atoms with Crippen LogP contribution in [0.5, 0.6) is 0 Å². The molecule has 0 bridgehead atoms. The summed E-state index contributed by atoms with van der Waals surface area (Å²) in [6.45, 7) is 5.49. The Kier molecular flexibility index (Phi) is 5.89. The molecular formula is C13H22ClN3. The van der Waals surface area contributed by atoms with E-state index in [4.69, 9.17) is 0 Å². The van der Waals surface area contributed by atoms with E-state index in [0.717, 1.165) is 25.7 Å². The van der Waals surface area contributed by atoms with Crippen LogP contribution in [-0.2, 0) is 6.54 Å². The fraction of sp³-hybridized carbons (Fsp3) is 0.615. The molecule has 4 heteroatoms. The van der Waals surface area contributed by atoms with E-state index in [-0.39, 0.29) is 12.4 Å². The van der Waals surface area contributed by atoms with Crippen molar-refractivity contribution < 1.29 is 0 Å². The van der Waals surface area contributed by atoms with Crippen molar-refractivity contribution in [2.24, 2.45) is 0 Å². The molecule has 0 radical (unpaired) electrons. The van der Waals surface area contributed by atoms with Gasteiger partial charge in [0, 0.05) is 25.0 Å². The lowest BCUT2D eigenvalue weighted by Gasteiger charge is -2.31. The van der Waals surface area contributed by atoms with Crippen LogP contribution in [-0.4, -0.2) is 36.1 Å². The Morgan fingerprint density at radius 3 is 2.76 bits per heavy atom. The minimum absolute atomic E-state index is 0. The number of aromatic nitrogens is 1. The Labute approximate surface area is 110 Å². The van der Waals surface area contributed by atoms with Crippen LogP contribution >= 0.6 is 12.4 Å². The van der Waals surface area contributed by atoms with Gasteiger partial charge in [-0.1, -0.05) is 0 Å². The molecule has 1 fully saturated rings. The van der Waals surface area contributed by atoms with Gasteiger partial charge in [-0.3, -0.25) is 9.88 Å². The number of pyridine rings is 1. The molecule has 3 nitrogen and oxygen atoms in total. The number of aryl methyl sites for hydroxylation is 1. The van der Waals surface area contributed by atoms with Gasteiger partial charge in [-0.25, -0.2) is 0 Å². The van der Waals surface area contributed by atoms with Gasteiger partial charge in [-0.05, 0) is 57.1 Å². The number of nitrogens with zero attached hydrogens (tertiary/aromatic N) is 2. The molecule has 0 aromatic carbocycles. The first-order valence-corrected chi connectivity index (χ1v) is 6.08. The lowest BCUT2D eigenvalue weighted by molar-refractivity contribution is 0.191. The first kappa shape index (κ1) is 14.4. The van der Waals surface area contributed by atoms with Gasteiger partial charge in [-0.15, -0.1) is 12.4 Å². The third kappa shape index (κ3) is 3.95. The Morgan fingerprint density at radius 2 is 2.12 bits per heavy atom. The summed E-state index contributed by atoms with van der Waals surface area (Å²) in [7, 11) is 2.22. The van der Waals surface area contributed by atoms with Crippen molar-refractivity contribution in [3.05, 3.63) is 29.6 Å². The zero-order valence-electron chi connectivity index (χ0n) is 10.6. The van der Waals surface area contributed by atoms with E-state index in [1.165, 1.54) is 24.0 Å². The van der Waals surface area contributed by atoms with Crippen molar-refractivity contribution in [2.45, 2.75) is 32.4 Å². The smallest absolute Gasteiger partial charge is 0.0315 e. The predicted molar refractivity (Wildman–Crippen MR) is 73.6 cm³/mol. The van der Waals surface area contributed by atoms with Crippen molar-refractivity contribution in [2.75, 3.05) is 20.1 Å². The number of halogens is 1. The van der Waals surface area contributed by atoms with Crippen LogP contribution in [0.2, 0.25) is 0 Å². The first-order valence-electron chi connectivity index (χ1n) is 6.08. The summed E-state index contributed by atoms with van der Waals surface area (Å²) < 4.78 is 0. The maximum atomic E-state index is 4.20. The SMILES string of the molecule is Cc1ccncc1CN(C)C1CCNCC1.Cl. The first-order chi connectivity index (χ1) is 7.77. The Hall–Kier alpha value is -0.640. The molecule has 0 atom stereocenters. The standard InChI is InChI=1S/C13H21N3.ClH/c1-11-3-6-15-9-12(11)10-16(2)13-4-7-14-8-5-13;/h3,6,9,13-14H,4-5,7-8,10H2,1-2H3;1H. The second kappa shape index (κ2) is 6.94. The lowest BCUT2D eigenvalue weighted by Crippen LogP contribution is -2.40. The minimum Gasteiger partial charge on any atom is -0.317 e. The molecule has 96 valence electrons. The highest BCUT2D eigenvalue weighted by Gasteiger charge is 2.17. The maximum absolute atomic E-state index is 4.20. The fourth-order valence-electron chi connectivity index (χ4n) is 2.31. The van der Waals surface area contributed by atoms with Gasteiger partial charge in [0.1, 0.15) is 0 Å². The van der Waals surface area contributed by atoms with Crippen LogP contribution in [0.4, 0.5) is 0 Å². The van der Waals surface area contributed by atoms with Crippen molar-refractivity contribution in [1.29, 1.82) is 0 Å². The molecule has 1 saturated heterocycles. The second-order valence-corrected chi connectivity index (χ2v) is 4.70. The van der Waals surface area contributed by atoms with Gasteiger partial charge >= 0.3 is 0 Å². The van der Waals surface area contributed by atoms with Gasteiger partial charge in [0.25, 0.3) is 0 Å². The molecular weight excluding hydrogens is 234 g/mol. The Morgan fingerprint density at radius 1 is 1.41 bits per heavy atom. The number of piperidine rings is 1. The lowest BCUT2D eigenvalue weighted by atomic mass is 10.0. The highest BCUT2D eigenvalue weighted by molar-refractivity contribution is 5.85. The fourth-order valence-corrected chi connectivity index (χ4v) is 2.31. The van der Waals surface area contributed by atoms with Gasteiger partial charge in [0.2, 0.25) is 0 Å². The molecule has 1 aromatic rings. The number of hydrogen-bond donors (Lipinski definition) is 1. The quantitative estimate of drug-likeness (QED) is 0.896. The third-order valence-electron chi connectivity index (χ3n) is 3.50. The van der Waals surface area contributed by atoms with E-state index >= 15 is 0 Å². The maximum Gasteiger partial charge on any atom is 0.0315 e. The predicted octanol–water partition coefficient (Wildman–Crippen LogP) is 2.00. The molecule has 0 unspecified atom stereocenters. The van der Waals surface area contributed by atoms with Crippen LogP contribution < -0.4 is 5.32 Å². The normalized spacial score (nSPS) is 16.9. The summed E-state index contributed by atoms with van der Waals surface area (Å²) in [5.41, 5.74) is 2.69. The molecule has 0 saturated carbocycles. The van der Waals surface area contributed by atoms with E-state index < -0.39 is 0 Å². The van der Waals surface area contributed by atoms with Crippen molar-refractivity contribution >= 4 is 12.4 Å². The molecule has 0 amide bonds. The molecule has 2 rings (SSSR count). The minimum atomic E-state index is 0. The Balaban J connectivity index is 0.00000144. The topological polar surface area (TPSA) is 28.2 Å². The van der Waals surface area contributed by atoms with Crippen LogP contribution in [0.25, 0.3) is 0 Å². The number of rotatable bonds is 3. The van der Waals surface area contributed by atoms with E-state index in [1.54, 1.807) is 0 Å². The average molecular weight is 256 g/mol. The van der Waals surface area contributed by atoms with E-state index in [2.05, 4.69) is 35.2 Å². The van der Waals surface area contributed by atoms with Crippen molar-refractivity contribution in [3.63, 3.8) is 0 Å². The molecule has 1 aliphatic rings. The molecule has 1 N–H and O–H groups in total. The molecule has 0 spiro atoms. The second-order valence-electron chi connectivity index (χ2n) is 4.70. The van der Waals surface area contributed by atoms with Gasteiger partial charge in [0.05, 0.1) is 0 Å². The highest BCUT2D eigenvalue weighted by atomic mass is 35.5. The van der Waals surface area contributed by atoms with E-state index in [9.17, 15) is 0 Å².